The number of aliphatic hydroxyl groups is 1. The summed E-state index contributed by atoms with van der Waals surface area (Å²) in [4.78, 5) is 20.1. The molecule has 1 heterocycles. The molecule has 0 fully saturated rings. The van der Waals surface area contributed by atoms with Gasteiger partial charge < -0.3 is 25.6 Å². The highest BCUT2D eigenvalue weighted by atomic mass is 79.9. The minimum atomic E-state index is -4.70. The SMILES string of the molecule is CCO.CCOPCc1ccc(Nc2ncc(C(F)(F)F)c(Nc3ccc(Br)cc3C(=O)NC)n2)cc1. The molecule has 3 aromatic rings. The molecule has 13 heteroatoms. The van der Waals surface area contributed by atoms with Gasteiger partial charge in [-0.25, -0.2) is 4.98 Å². The van der Waals surface area contributed by atoms with Gasteiger partial charge in [-0.15, -0.1) is 0 Å². The Kier molecular flexibility index (Phi) is 12.2. The molecule has 0 aliphatic heterocycles. The minimum Gasteiger partial charge on any atom is -0.397 e. The van der Waals surface area contributed by atoms with E-state index >= 15 is 0 Å². The summed E-state index contributed by atoms with van der Waals surface area (Å²) in [6, 6.07) is 12.0. The van der Waals surface area contributed by atoms with Crippen molar-refractivity contribution in [1.29, 1.82) is 0 Å². The fraction of sp³-hybridized carbons (Fsp3) is 0.292. The molecule has 0 aliphatic rings. The number of amides is 1. The summed E-state index contributed by atoms with van der Waals surface area (Å²) in [6.45, 7) is 4.52. The maximum atomic E-state index is 13.6. The number of hydrogen-bond donors (Lipinski definition) is 4. The zero-order valence-electron chi connectivity index (χ0n) is 20.4. The fourth-order valence-electron chi connectivity index (χ4n) is 2.89. The molecule has 3 rings (SSSR count). The van der Waals surface area contributed by atoms with Crippen LogP contribution in [0.3, 0.4) is 0 Å². The van der Waals surface area contributed by atoms with Gasteiger partial charge in [-0.05, 0) is 49.7 Å². The number of anilines is 4. The Labute approximate surface area is 223 Å². The van der Waals surface area contributed by atoms with Crippen LogP contribution in [-0.2, 0) is 16.9 Å². The van der Waals surface area contributed by atoms with Crippen molar-refractivity contribution in [3.63, 3.8) is 0 Å². The second-order valence-corrected chi connectivity index (χ2v) is 9.09. The first kappa shape index (κ1) is 30.4. The van der Waals surface area contributed by atoms with E-state index < -0.39 is 23.5 Å². The second kappa shape index (κ2) is 14.8. The first-order chi connectivity index (χ1) is 17.6. The van der Waals surface area contributed by atoms with Gasteiger partial charge in [0.1, 0.15) is 11.4 Å². The van der Waals surface area contributed by atoms with Gasteiger partial charge in [-0.3, -0.25) is 4.79 Å². The van der Waals surface area contributed by atoms with Gasteiger partial charge in [0.2, 0.25) is 5.95 Å². The summed E-state index contributed by atoms with van der Waals surface area (Å²) in [7, 11) is 1.80. The van der Waals surface area contributed by atoms with Gasteiger partial charge in [0, 0.05) is 51.6 Å². The highest BCUT2D eigenvalue weighted by Gasteiger charge is 2.35. The molecule has 8 nitrogen and oxygen atoms in total. The molecule has 200 valence electrons. The van der Waals surface area contributed by atoms with Crippen molar-refractivity contribution >= 4 is 53.8 Å². The van der Waals surface area contributed by atoms with E-state index in [1.165, 1.54) is 19.2 Å². The van der Waals surface area contributed by atoms with E-state index in [-0.39, 0.29) is 23.8 Å². The van der Waals surface area contributed by atoms with Crippen LogP contribution in [0.4, 0.5) is 36.3 Å². The Hall–Kier alpha value is -2.79. The Bertz CT molecular complexity index is 1170. The number of carbonyl (C=O) groups excluding carboxylic acids is 1. The monoisotopic (exact) mass is 601 g/mol. The predicted octanol–water partition coefficient (Wildman–Crippen LogP) is 6.23. The van der Waals surface area contributed by atoms with Crippen molar-refractivity contribution in [1.82, 2.24) is 15.3 Å². The number of hydrogen-bond acceptors (Lipinski definition) is 7. The van der Waals surface area contributed by atoms with Gasteiger partial charge >= 0.3 is 6.18 Å². The first-order valence-corrected chi connectivity index (χ1v) is 13.1. The largest absolute Gasteiger partial charge is 0.421 e. The molecule has 0 radical (unpaired) electrons. The van der Waals surface area contributed by atoms with E-state index in [0.29, 0.717) is 31.8 Å². The smallest absolute Gasteiger partial charge is 0.397 e. The molecule has 1 unspecified atom stereocenters. The van der Waals surface area contributed by atoms with Crippen LogP contribution in [0.1, 0.15) is 35.3 Å². The maximum Gasteiger partial charge on any atom is 0.421 e. The van der Waals surface area contributed by atoms with Gasteiger partial charge in [0.15, 0.2) is 0 Å². The lowest BCUT2D eigenvalue weighted by molar-refractivity contribution is -0.137. The van der Waals surface area contributed by atoms with Crippen molar-refractivity contribution in [2.24, 2.45) is 0 Å². The molecule has 1 atom stereocenters. The average Bonchev–Trinajstić information content (AvgIpc) is 2.86. The van der Waals surface area contributed by atoms with Crippen molar-refractivity contribution in [2.45, 2.75) is 26.2 Å². The van der Waals surface area contributed by atoms with Crippen molar-refractivity contribution < 1.29 is 27.6 Å². The van der Waals surface area contributed by atoms with E-state index in [9.17, 15) is 18.0 Å². The third-order valence-electron chi connectivity index (χ3n) is 4.53. The average molecular weight is 602 g/mol. The molecule has 37 heavy (non-hydrogen) atoms. The number of rotatable bonds is 9. The van der Waals surface area contributed by atoms with Gasteiger partial charge in [-0.2, -0.15) is 18.2 Å². The summed E-state index contributed by atoms with van der Waals surface area (Å²) in [5.41, 5.74) is 0.948. The van der Waals surface area contributed by atoms with Crippen LogP contribution in [0.15, 0.2) is 53.1 Å². The third-order valence-corrected chi connectivity index (χ3v) is 6.07. The van der Waals surface area contributed by atoms with Gasteiger partial charge in [-0.1, -0.05) is 28.1 Å². The van der Waals surface area contributed by atoms with Crippen LogP contribution in [-0.4, -0.2) is 41.2 Å². The quantitative estimate of drug-likeness (QED) is 0.170. The molecule has 1 amide bonds. The first-order valence-electron chi connectivity index (χ1n) is 11.2. The lowest BCUT2D eigenvalue weighted by atomic mass is 10.1. The van der Waals surface area contributed by atoms with E-state index in [4.69, 9.17) is 9.63 Å². The summed E-state index contributed by atoms with van der Waals surface area (Å²) in [6.07, 6.45) is -3.22. The van der Waals surface area contributed by atoms with Gasteiger partial charge in [0.05, 0.1) is 11.3 Å². The van der Waals surface area contributed by atoms with Gasteiger partial charge in [0.25, 0.3) is 5.91 Å². The highest BCUT2D eigenvalue weighted by Crippen LogP contribution is 2.36. The molecular weight excluding hydrogens is 574 g/mol. The Morgan fingerprint density at radius 2 is 1.81 bits per heavy atom. The number of nitrogens with one attached hydrogen (secondary N) is 3. The van der Waals surface area contributed by atoms with Crippen LogP contribution >= 0.6 is 24.7 Å². The maximum absolute atomic E-state index is 13.6. The highest BCUT2D eigenvalue weighted by molar-refractivity contribution is 9.10. The number of halogens is 4. The van der Waals surface area contributed by atoms with Crippen molar-refractivity contribution in [2.75, 3.05) is 30.9 Å². The van der Waals surface area contributed by atoms with E-state index in [2.05, 4.69) is 41.8 Å². The fourth-order valence-corrected chi connectivity index (χ4v) is 3.96. The Morgan fingerprint density at radius 1 is 1.14 bits per heavy atom. The molecule has 1 aromatic heterocycles. The topological polar surface area (TPSA) is 108 Å². The molecular formula is C24H28BrF3N5O3P. The molecule has 0 aliphatic carbocycles. The molecule has 4 N–H and O–H groups in total. The Morgan fingerprint density at radius 3 is 2.41 bits per heavy atom. The molecule has 0 saturated heterocycles. The number of alkyl halides is 3. The van der Waals surface area contributed by atoms with Crippen LogP contribution in [0, 0.1) is 0 Å². The zero-order valence-corrected chi connectivity index (χ0v) is 23.0. The standard InChI is InChI=1S/C22H22BrF3N5O2P.C2H6O/c1-3-33-34-12-13-4-7-15(8-5-13)29-21-28-11-17(22(24,25)26)19(31-21)30-18-9-6-14(23)10-16(18)20(32)27-2;1-2-3/h4-11,34H,3,12H2,1-2H3,(H,27,32)(H2,28,29,30,31);3H,2H2,1H3. The lowest BCUT2D eigenvalue weighted by Crippen LogP contribution is -2.20. The minimum absolute atomic E-state index is 0.0296. The summed E-state index contributed by atoms with van der Waals surface area (Å²) >= 11 is 3.27. The van der Waals surface area contributed by atoms with Crippen LogP contribution in [0.25, 0.3) is 0 Å². The predicted molar refractivity (Wildman–Crippen MR) is 144 cm³/mol. The van der Waals surface area contributed by atoms with E-state index in [1.54, 1.807) is 25.1 Å². The lowest BCUT2D eigenvalue weighted by Gasteiger charge is -2.17. The molecule has 2 aromatic carbocycles. The summed E-state index contributed by atoms with van der Waals surface area (Å²) in [5, 5.41) is 15.6. The number of aliphatic hydroxyl groups excluding tert-OH is 1. The zero-order chi connectivity index (χ0) is 27.4. The Balaban J connectivity index is 0.00000153. The van der Waals surface area contributed by atoms with Crippen LogP contribution < -0.4 is 16.0 Å². The van der Waals surface area contributed by atoms with Crippen molar-refractivity contribution in [3.8, 4) is 0 Å². The van der Waals surface area contributed by atoms with E-state index in [1.807, 2.05) is 19.1 Å². The summed E-state index contributed by atoms with van der Waals surface area (Å²) < 4.78 is 46.9. The number of aromatic nitrogens is 2. The van der Waals surface area contributed by atoms with Crippen LogP contribution in [0.2, 0.25) is 0 Å². The molecule has 0 bridgehead atoms. The van der Waals surface area contributed by atoms with Crippen molar-refractivity contribution in [3.05, 3.63) is 69.8 Å². The van der Waals surface area contributed by atoms with Crippen LogP contribution in [0.5, 0.6) is 0 Å². The number of benzene rings is 2. The summed E-state index contributed by atoms with van der Waals surface area (Å²) in [5.74, 6) is -0.972. The normalized spacial score (nSPS) is 11.1. The third kappa shape index (κ3) is 9.55. The second-order valence-electron chi connectivity index (χ2n) is 7.24. The van der Waals surface area contributed by atoms with E-state index in [0.717, 1.165) is 11.7 Å². The molecule has 0 saturated carbocycles. The molecule has 0 spiro atoms. The number of nitrogens with zero attached hydrogens (tertiary/aromatic N) is 2. The number of carbonyl (C=O) groups is 1.